The lowest BCUT2D eigenvalue weighted by atomic mass is 10.0. The normalized spacial score (nSPS) is 26.4. The average molecular weight is 318 g/mol. The van der Waals surface area contributed by atoms with Gasteiger partial charge in [-0.05, 0) is 31.4 Å². The molecule has 3 unspecified atom stereocenters. The first-order chi connectivity index (χ1) is 10.5. The molecule has 2 aliphatic heterocycles. The van der Waals surface area contributed by atoms with Crippen molar-refractivity contribution in [3.05, 3.63) is 47.2 Å². The van der Waals surface area contributed by atoms with Gasteiger partial charge in [0.25, 0.3) is 0 Å². The SMILES string of the molecule is CC(C)=C(C(=O)O)N1C(=O)C2NC(Cc3ccccc3)SC21. The highest BCUT2D eigenvalue weighted by atomic mass is 32.2. The summed E-state index contributed by atoms with van der Waals surface area (Å²) in [5.41, 5.74) is 1.96. The van der Waals surface area contributed by atoms with Crippen LogP contribution in [0.5, 0.6) is 0 Å². The molecule has 2 heterocycles. The van der Waals surface area contributed by atoms with E-state index in [4.69, 9.17) is 0 Å². The van der Waals surface area contributed by atoms with Crippen molar-refractivity contribution >= 4 is 23.6 Å². The molecule has 0 aromatic heterocycles. The highest BCUT2D eigenvalue weighted by Gasteiger charge is 2.56. The molecule has 2 fully saturated rings. The number of β-lactam (4-membered cyclic amide) rings is 1. The van der Waals surface area contributed by atoms with Crippen molar-refractivity contribution in [3.63, 3.8) is 0 Å². The van der Waals surface area contributed by atoms with Gasteiger partial charge in [0.2, 0.25) is 5.91 Å². The number of carboxylic acids is 1. The smallest absolute Gasteiger partial charge is 0.352 e. The number of nitrogens with zero attached hydrogens (tertiary/aromatic N) is 1. The van der Waals surface area contributed by atoms with E-state index in [1.807, 2.05) is 18.2 Å². The van der Waals surface area contributed by atoms with Crippen LogP contribution in [0, 0.1) is 0 Å². The van der Waals surface area contributed by atoms with E-state index in [0.29, 0.717) is 5.57 Å². The second-order valence-corrected chi connectivity index (χ2v) is 7.04. The van der Waals surface area contributed by atoms with Crippen LogP contribution < -0.4 is 5.32 Å². The molecule has 0 bridgehead atoms. The molecule has 0 saturated carbocycles. The van der Waals surface area contributed by atoms with Crippen molar-refractivity contribution in [2.45, 2.75) is 37.1 Å². The second-order valence-electron chi connectivity index (χ2n) is 5.71. The van der Waals surface area contributed by atoms with Crippen LogP contribution in [-0.2, 0) is 16.0 Å². The van der Waals surface area contributed by atoms with Gasteiger partial charge < -0.3 is 5.11 Å². The Labute approximate surface area is 133 Å². The molecular weight excluding hydrogens is 300 g/mol. The van der Waals surface area contributed by atoms with Crippen LogP contribution in [0.15, 0.2) is 41.6 Å². The van der Waals surface area contributed by atoms with Crippen LogP contribution in [0.25, 0.3) is 0 Å². The number of likely N-dealkylation sites (tertiary alicyclic amines) is 1. The molecule has 2 saturated heterocycles. The number of carbonyl (C=O) groups excluding carboxylic acids is 1. The van der Waals surface area contributed by atoms with Gasteiger partial charge in [-0.3, -0.25) is 15.0 Å². The number of rotatable bonds is 4. The Balaban J connectivity index is 1.73. The van der Waals surface area contributed by atoms with Crippen molar-refractivity contribution in [2.75, 3.05) is 0 Å². The zero-order chi connectivity index (χ0) is 15.9. The molecule has 1 aromatic carbocycles. The maximum absolute atomic E-state index is 12.2. The van der Waals surface area contributed by atoms with E-state index >= 15 is 0 Å². The zero-order valence-electron chi connectivity index (χ0n) is 12.4. The van der Waals surface area contributed by atoms with Crippen molar-refractivity contribution in [1.82, 2.24) is 10.2 Å². The summed E-state index contributed by atoms with van der Waals surface area (Å²) in [6, 6.07) is 9.80. The molecule has 2 N–H and O–H groups in total. The topological polar surface area (TPSA) is 69.6 Å². The van der Waals surface area contributed by atoms with Crippen LogP contribution in [0.2, 0.25) is 0 Å². The number of hydrogen-bond donors (Lipinski definition) is 2. The van der Waals surface area contributed by atoms with E-state index in [1.54, 1.807) is 25.6 Å². The van der Waals surface area contributed by atoms with Crippen LogP contribution in [0.3, 0.4) is 0 Å². The number of fused-ring (bicyclic) bond motifs is 1. The monoisotopic (exact) mass is 318 g/mol. The fourth-order valence-corrected chi connectivity index (χ4v) is 4.43. The number of carbonyl (C=O) groups is 2. The van der Waals surface area contributed by atoms with E-state index < -0.39 is 5.97 Å². The fraction of sp³-hybridized carbons (Fsp3) is 0.375. The third-order valence-electron chi connectivity index (χ3n) is 3.89. The second kappa shape index (κ2) is 5.78. The maximum atomic E-state index is 12.2. The summed E-state index contributed by atoms with van der Waals surface area (Å²) in [5.74, 6) is -1.19. The van der Waals surface area contributed by atoms with Gasteiger partial charge in [-0.1, -0.05) is 30.3 Å². The zero-order valence-corrected chi connectivity index (χ0v) is 13.3. The summed E-state index contributed by atoms with van der Waals surface area (Å²) in [7, 11) is 0. The highest BCUT2D eigenvalue weighted by molar-refractivity contribution is 8.00. The molecule has 0 spiro atoms. The molecule has 6 heteroatoms. The molecular formula is C16H18N2O3S. The van der Waals surface area contributed by atoms with Gasteiger partial charge in [0, 0.05) is 0 Å². The number of hydrogen-bond acceptors (Lipinski definition) is 4. The van der Waals surface area contributed by atoms with E-state index in [0.717, 1.165) is 6.42 Å². The molecule has 22 heavy (non-hydrogen) atoms. The van der Waals surface area contributed by atoms with Crippen molar-refractivity contribution in [1.29, 1.82) is 0 Å². The van der Waals surface area contributed by atoms with E-state index in [9.17, 15) is 14.7 Å². The quantitative estimate of drug-likeness (QED) is 0.654. The van der Waals surface area contributed by atoms with E-state index in [-0.39, 0.29) is 28.4 Å². The minimum absolute atomic E-state index is 0.112. The number of aliphatic carboxylic acids is 1. The Bertz CT molecular complexity index is 640. The Morgan fingerprint density at radius 2 is 2.00 bits per heavy atom. The van der Waals surface area contributed by atoms with Gasteiger partial charge in [-0.25, -0.2) is 4.79 Å². The number of nitrogens with one attached hydrogen (secondary N) is 1. The molecule has 5 nitrogen and oxygen atoms in total. The van der Waals surface area contributed by atoms with E-state index in [1.165, 1.54) is 10.5 Å². The molecule has 116 valence electrons. The summed E-state index contributed by atoms with van der Waals surface area (Å²) in [4.78, 5) is 25.1. The fourth-order valence-electron chi connectivity index (χ4n) is 2.90. The van der Waals surface area contributed by atoms with Gasteiger partial charge in [0.15, 0.2) is 0 Å². The predicted molar refractivity (Wildman–Crippen MR) is 85.1 cm³/mol. The Hall–Kier alpha value is -1.79. The number of amides is 1. The van der Waals surface area contributed by atoms with Crippen LogP contribution >= 0.6 is 11.8 Å². The van der Waals surface area contributed by atoms with Gasteiger partial charge >= 0.3 is 5.97 Å². The summed E-state index contributed by atoms with van der Waals surface area (Å²) >= 11 is 1.63. The summed E-state index contributed by atoms with van der Waals surface area (Å²) in [6.07, 6.45) is 0.816. The summed E-state index contributed by atoms with van der Waals surface area (Å²) in [6.45, 7) is 3.44. The van der Waals surface area contributed by atoms with Crippen molar-refractivity contribution in [2.24, 2.45) is 0 Å². The molecule has 0 aliphatic carbocycles. The van der Waals surface area contributed by atoms with Crippen LogP contribution in [0.4, 0.5) is 0 Å². The number of allylic oxidation sites excluding steroid dienone is 1. The summed E-state index contributed by atoms with van der Waals surface area (Å²) < 4.78 is 0. The van der Waals surface area contributed by atoms with Gasteiger partial charge in [0.1, 0.15) is 17.1 Å². The van der Waals surface area contributed by atoms with Crippen LogP contribution in [0.1, 0.15) is 19.4 Å². The van der Waals surface area contributed by atoms with Crippen molar-refractivity contribution in [3.8, 4) is 0 Å². The molecule has 1 amide bonds. The minimum Gasteiger partial charge on any atom is -0.477 e. The van der Waals surface area contributed by atoms with Crippen molar-refractivity contribution < 1.29 is 14.7 Å². The molecule has 2 aliphatic rings. The minimum atomic E-state index is -1.04. The predicted octanol–water partition coefficient (Wildman–Crippen LogP) is 1.81. The third-order valence-corrected chi connectivity index (χ3v) is 5.29. The number of benzene rings is 1. The van der Waals surface area contributed by atoms with Crippen LogP contribution in [-0.4, -0.2) is 38.7 Å². The third kappa shape index (κ3) is 2.53. The highest BCUT2D eigenvalue weighted by Crippen LogP contribution is 2.42. The number of carboxylic acid groups (broad SMARTS) is 1. The largest absolute Gasteiger partial charge is 0.477 e. The molecule has 3 rings (SSSR count). The summed E-state index contributed by atoms with van der Waals surface area (Å²) in [5, 5.41) is 12.6. The first-order valence-electron chi connectivity index (χ1n) is 7.18. The first-order valence-corrected chi connectivity index (χ1v) is 8.12. The standard InChI is InChI=1S/C16H18N2O3S/c1-9(2)13(16(20)21)18-14(19)12-15(18)22-11(17-12)8-10-6-4-3-5-7-10/h3-7,11-12,15,17H,8H2,1-2H3,(H,20,21). The maximum Gasteiger partial charge on any atom is 0.352 e. The van der Waals surface area contributed by atoms with Gasteiger partial charge in [-0.2, -0.15) is 0 Å². The number of thioether (sulfide) groups is 1. The molecule has 0 radical (unpaired) electrons. The molecule has 3 atom stereocenters. The van der Waals surface area contributed by atoms with Gasteiger partial charge in [-0.15, -0.1) is 11.8 Å². The Morgan fingerprint density at radius 3 is 2.59 bits per heavy atom. The lowest BCUT2D eigenvalue weighted by Gasteiger charge is -2.42. The lowest BCUT2D eigenvalue weighted by Crippen LogP contribution is -2.65. The Kier molecular flexibility index (Phi) is 3.97. The molecule has 1 aromatic rings. The van der Waals surface area contributed by atoms with Gasteiger partial charge in [0.05, 0.1) is 5.37 Å². The van der Waals surface area contributed by atoms with E-state index in [2.05, 4.69) is 17.4 Å². The average Bonchev–Trinajstić information content (AvgIpc) is 2.84. The first kappa shape index (κ1) is 15.1. The lowest BCUT2D eigenvalue weighted by molar-refractivity contribution is -0.148. The Morgan fingerprint density at radius 1 is 1.32 bits per heavy atom.